The third-order valence-corrected chi connectivity index (χ3v) is 6.48. The topological polar surface area (TPSA) is 75.7 Å². The van der Waals surface area contributed by atoms with Crippen molar-refractivity contribution in [2.75, 3.05) is 17.7 Å². The molecule has 0 heterocycles. The molecule has 164 valence electrons. The first kappa shape index (κ1) is 23.7. The number of aryl methyl sites for hydroxylation is 2. The number of hydrogen-bond donors (Lipinski definition) is 1. The van der Waals surface area contributed by atoms with Crippen LogP contribution in [-0.2, 0) is 21.2 Å². The van der Waals surface area contributed by atoms with Gasteiger partial charge < -0.3 is 10.1 Å². The number of methoxy groups -OCH3 is 1. The summed E-state index contributed by atoms with van der Waals surface area (Å²) in [6.07, 6.45) is 2.65. The molecule has 0 fully saturated rings. The second-order valence-corrected chi connectivity index (χ2v) is 9.31. The van der Waals surface area contributed by atoms with E-state index < -0.39 is 16.1 Å². The molecule has 2 aromatic carbocycles. The highest BCUT2D eigenvalue weighted by Crippen LogP contribution is 2.26. The second kappa shape index (κ2) is 9.98. The number of amides is 1. The van der Waals surface area contributed by atoms with Crippen LogP contribution in [0.4, 0.5) is 5.69 Å². The van der Waals surface area contributed by atoms with Gasteiger partial charge in [0.25, 0.3) is 0 Å². The number of benzene rings is 2. The zero-order chi connectivity index (χ0) is 22.5. The Morgan fingerprint density at radius 3 is 2.23 bits per heavy atom. The first-order chi connectivity index (χ1) is 14.1. The Morgan fingerprint density at radius 2 is 1.77 bits per heavy atom. The minimum Gasteiger partial charge on any atom is -0.496 e. The number of ether oxygens (including phenoxy) is 1. The summed E-state index contributed by atoms with van der Waals surface area (Å²) >= 11 is 0. The molecule has 0 aliphatic heterocycles. The average molecular weight is 433 g/mol. The molecule has 2 aromatic rings. The molecule has 1 N–H and O–H groups in total. The van der Waals surface area contributed by atoms with E-state index in [0.29, 0.717) is 12.1 Å². The number of rotatable bonds is 9. The van der Waals surface area contributed by atoms with Crippen molar-refractivity contribution in [2.24, 2.45) is 0 Å². The summed E-state index contributed by atoms with van der Waals surface area (Å²) < 4.78 is 31.5. The molecule has 2 atom stereocenters. The lowest BCUT2D eigenvalue weighted by Crippen LogP contribution is -2.48. The van der Waals surface area contributed by atoms with Gasteiger partial charge in [-0.2, -0.15) is 0 Å². The Kier molecular flexibility index (Phi) is 7.89. The number of carbonyl (C=O) groups excluding carboxylic acids is 1. The van der Waals surface area contributed by atoms with Gasteiger partial charge in [-0.25, -0.2) is 8.42 Å². The van der Waals surface area contributed by atoms with Gasteiger partial charge in [0.2, 0.25) is 15.9 Å². The van der Waals surface area contributed by atoms with Gasteiger partial charge in [-0.15, -0.1) is 0 Å². The largest absolute Gasteiger partial charge is 0.496 e. The summed E-state index contributed by atoms with van der Waals surface area (Å²) in [5.41, 5.74) is 3.51. The maximum Gasteiger partial charge on any atom is 0.244 e. The van der Waals surface area contributed by atoms with E-state index in [1.54, 1.807) is 26.2 Å². The van der Waals surface area contributed by atoms with Crippen molar-refractivity contribution in [2.45, 2.75) is 52.6 Å². The number of carbonyl (C=O) groups is 1. The molecule has 0 radical (unpaired) electrons. The predicted molar refractivity (Wildman–Crippen MR) is 122 cm³/mol. The third-order valence-electron chi connectivity index (χ3n) is 5.23. The molecule has 0 spiro atoms. The fourth-order valence-electron chi connectivity index (χ4n) is 3.52. The molecule has 0 unspecified atom stereocenters. The fourth-order valence-corrected chi connectivity index (χ4v) is 4.69. The number of sulfonamides is 1. The molecule has 1 amide bonds. The Hall–Kier alpha value is -2.54. The Morgan fingerprint density at radius 1 is 1.13 bits per heavy atom. The maximum absolute atomic E-state index is 13.0. The van der Waals surface area contributed by atoms with Gasteiger partial charge in [-0.1, -0.05) is 38.1 Å². The maximum atomic E-state index is 13.0. The molecule has 2 rings (SSSR count). The summed E-state index contributed by atoms with van der Waals surface area (Å²) in [5, 5.41) is 3.01. The highest BCUT2D eigenvalue weighted by Gasteiger charge is 2.30. The lowest BCUT2D eigenvalue weighted by Gasteiger charge is -2.30. The molecule has 6 nitrogen and oxygen atoms in total. The van der Waals surface area contributed by atoms with E-state index in [1.165, 1.54) is 4.31 Å². The molecule has 0 aromatic heterocycles. The van der Waals surface area contributed by atoms with Crippen molar-refractivity contribution in [1.82, 2.24) is 5.32 Å². The van der Waals surface area contributed by atoms with Crippen molar-refractivity contribution in [3.05, 3.63) is 59.2 Å². The quantitative estimate of drug-likeness (QED) is 0.650. The number of nitrogens with one attached hydrogen (secondary N) is 1. The molecule has 0 bridgehead atoms. The van der Waals surface area contributed by atoms with Gasteiger partial charge in [0.05, 0.1) is 25.1 Å². The Labute approximate surface area is 180 Å². The van der Waals surface area contributed by atoms with E-state index in [-0.39, 0.29) is 11.9 Å². The van der Waals surface area contributed by atoms with Crippen LogP contribution < -0.4 is 14.4 Å². The monoisotopic (exact) mass is 432 g/mol. The normalized spacial score (nSPS) is 13.4. The van der Waals surface area contributed by atoms with Crippen LogP contribution in [0.1, 0.15) is 49.9 Å². The Balaban J connectivity index is 2.28. The lowest BCUT2D eigenvalue weighted by atomic mass is 10.0. The Bertz CT molecular complexity index is 971. The van der Waals surface area contributed by atoms with Crippen LogP contribution in [0.3, 0.4) is 0 Å². The first-order valence-electron chi connectivity index (χ1n) is 10.2. The summed E-state index contributed by atoms with van der Waals surface area (Å²) in [6, 6.07) is 11.9. The van der Waals surface area contributed by atoms with Crippen molar-refractivity contribution in [3.8, 4) is 5.75 Å². The molecule has 7 heteroatoms. The zero-order valence-electron chi connectivity index (χ0n) is 18.6. The molecule has 0 aliphatic rings. The van der Waals surface area contributed by atoms with Crippen molar-refractivity contribution >= 4 is 21.6 Å². The van der Waals surface area contributed by atoms with E-state index >= 15 is 0 Å². The summed E-state index contributed by atoms with van der Waals surface area (Å²) in [6.45, 7) is 7.57. The van der Waals surface area contributed by atoms with E-state index in [0.717, 1.165) is 35.1 Å². The van der Waals surface area contributed by atoms with E-state index in [2.05, 4.69) is 5.32 Å². The van der Waals surface area contributed by atoms with E-state index in [4.69, 9.17) is 4.74 Å². The van der Waals surface area contributed by atoms with Gasteiger partial charge in [0.15, 0.2) is 0 Å². The van der Waals surface area contributed by atoms with Crippen LogP contribution in [0.25, 0.3) is 0 Å². The minimum atomic E-state index is -3.65. The number of nitrogens with zero attached hydrogens (tertiary/aromatic N) is 1. The van der Waals surface area contributed by atoms with E-state index in [9.17, 15) is 13.2 Å². The fraction of sp³-hybridized carbons (Fsp3) is 0.435. The lowest BCUT2D eigenvalue weighted by molar-refractivity contribution is -0.122. The van der Waals surface area contributed by atoms with Crippen molar-refractivity contribution in [1.29, 1.82) is 0 Å². The molecule has 0 saturated carbocycles. The highest BCUT2D eigenvalue weighted by atomic mass is 32.2. The smallest absolute Gasteiger partial charge is 0.244 e. The number of anilines is 1. The molecule has 0 aliphatic carbocycles. The zero-order valence-corrected chi connectivity index (χ0v) is 19.4. The SMILES string of the molecule is CCc1ccc(N([C@H](C)C(=O)N[C@@H](CC)c2ccc(OC)c(C)c2)S(C)(=O)=O)cc1. The van der Waals surface area contributed by atoms with Crippen molar-refractivity contribution < 1.29 is 17.9 Å². The summed E-state index contributed by atoms with van der Waals surface area (Å²) in [4.78, 5) is 13.0. The van der Waals surface area contributed by atoms with Crippen LogP contribution in [0, 0.1) is 6.92 Å². The van der Waals surface area contributed by atoms with Gasteiger partial charge in [0.1, 0.15) is 11.8 Å². The molecular weight excluding hydrogens is 400 g/mol. The molecule has 0 saturated heterocycles. The van der Waals surface area contributed by atoms with E-state index in [1.807, 2.05) is 51.1 Å². The van der Waals surface area contributed by atoms with Crippen molar-refractivity contribution in [3.63, 3.8) is 0 Å². The molecular formula is C23H32N2O4S. The van der Waals surface area contributed by atoms with Crippen LogP contribution >= 0.6 is 0 Å². The van der Waals surface area contributed by atoms with Crippen LogP contribution in [0.5, 0.6) is 5.75 Å². The van der Waals surface area contributed by atoms with Gasteiger partial charge in [-0.05, 0) is 61.6 Å². The van der Waals surface area contributed by atoms with Gasteiger partial charge in [0, 0.05) is 0 Å². The molecule has 30 heavy (non-hydrogen) atoms. The first-order valence-corrected chi connectivity index (χ1v) is 12.0. The van der Waals surface area contributed by atoms with Gasteiger partial charge >= 0.3 is 0 Å². The van der Waals surface area contributed by atoms with Crippen LogP contribution in [0.2, 0.25) is 0 Å². The van der Waals surface area contributed by atoms with Gasteiger partial charge in [-0.3, -0.25) is 9.10 Å². The average Bonchev–Trinajstić information content (AvgIpc) is 2.71. The number of hydrogen-bond acceptors (Lipinski definition) is 4. The third kappa shape index (κ3) is 5.53. The minimum absolute atomic E-state index is 0.228. The highest BCUT2D eigenvalue weighted by molar-refractivity contribution is 7.92. The summed E-state index contributed by atoms with van der Waals surface area (Å²) in [7, 11) is -2.03. The van der Waals surface area contributed by atoms with Crippen LogP contribution in [-0.4, -0.2) is 33.7 Å². The van der Waals surface area contributed by atoms with Crippen LogP contribution in [0.15, 0.2) is 42.5 Å². The second-order valence-electron chi connectivity index (χ2n) is 7.45. The standard InChI is InChI=1S/C23H32N2O4S/c1-7-18-9-12-20(13-10-18)25(30(6,27)28)17(4)23(26)24-21(8-2)19-11-14-22(29-5)16(3)15-19/h9-15,17,21H,7-8H2,1-6H3,(H,24,26)/t17-,21+/m1/s1. The summed E-state index contributed by atoms with van der Waals surface area (Å²) in [5.74, 6) is 0.437. The predicted octanol–water partition coefficient (Wildman–Crippen LogP) is 3.99.